The number of thioether (sulfide) groups is 1. The van der Waals surface area contributed by atoms with Crippen LogP contribution in [0.2, 0.25) is 0 Å². The van der Waals surface area contributed by atoms with Gasteiger partial charge in [-0.1, -0.05) is 36.1 Å². The summed E-state index contributed by atoms with van der Waals surface area (Å²) in [4.78, 5) is 16.3. The molecular formula is C12H12N2OS2. The molecule has 1 saturated heterocycles. The summed E-state index contributed by atoms with van der Waals surface area (Å²) in [5, 5.41) is 0. The number of nitrogens with zero attached hydrogens (tertiary/aromatic N) is 2. The van der Waals surface area contributed by atoms with E-state index in [1.54, 1.807) is 11.0 Å². The summed E-state index contributed by atoms with van der Waals surface area (Å²) in [7, 11) is 1.91. The van der Waals surface area contributed by atoms with E-state index in [9.17, 15) is 4.79 Å². The predicted octanol–water partition coefficient (Wildman–Crippen LogP) is 2.26. The maximum atomic E-state index is 12.2. The third-order valence-corrected chi connectivity index (χ3v) is 3.90. The van der Waals surface area contributed by atoms with E-state index in [1.165, 1.54) is 11.8 Å². The quantitative estimate of drug-likeness (QED) is 0.434. The molecule has 2 aliphatic heterocycles. The lowest BCUT2D eigenvalue weighted by molar-refractivity contribution is -0.121. The Labute approximate surface area is 110 Å². The van der Waals surface area contributed by atoms with Gasteiger partial charge >= 0.3 is 0 Å². The normalized spacial score (nSPS) is 23.8. The van der Waals surface area contributed by atoms with Gasteiger partial charge in [0.25, 0.3) is 5.91 Å². The lowest BCUT2D eigenvalue weighted by atomic mass is 10.2. The highest BCUT2D eigenvalue weighted by molar-refractivity contribution is 8.26. The summed E-state index contributed by atoms with van der Waals surface area (Å²) >= 11 is 6.54. The van der Waals surface area contributed by atoms with Gasteiger partial charge in [-0.15, -0.1) is 6.58 Å². The van der Waals surface area contributed by atoms with Gasteiger partial charge in [0, 0.05) is 19.8 Å². The second-order valence-corrected chi connectivity index (χ2v) is 5.24. The second kappa shape index (κ2) is 4.89. The van der Waals surface area contributed by atoms with Crippen LogP contribution in [0.5, 0.6) is 0 Å². The Morgan fingerprint density at radius 1 is 1.53 bits per heavy atom. The van der Waals surface area contributed by atoms with Crippen molar-refractivity contribution in [3.8, 4) is 0 Å². The van der Waals surface area contributed by atoms with Crippen LogP contribution < -0.4 is 0 Å². The van der Waals surface area contributed by atoms with E-state index in [4.69, 9.17) is 12.2 Å². The van der Waals surface area contributed by atoms with E-state index >= 15 is 0 Å². The zero-order chi connectivity index (χ0) is 12.4. The molecule has 5 heteroatoms. The van der Waals surface area contributed by atoms with Crippen molar-refractivity contribution in [1.82, 2.24) is 9.80 Å². The molecule has 88 valence electrons. The molecule has 2 rings (SSSR count). The summed E-state index contributed by atoms with van der Waals surface area (Å²) < 4.78 is 0.591. The van der Waals surface area contributed by atoms with Crippen LogP contribution in [0.1, 0.15) is 0 Å². The van der Waals surface area contributed by atoms with Crippen LogP contribution in [0.25, 0.3) is 0 Å². The average molecular weight is 264 g/mol. The fourth-order valence-corrected chi connectivity index (χ4v) is 2.96. The first-order valence-electron chi connectivity index (χ1n) is 5.11. The Bertz CT molecular complexity index is 477. The summed E-state index contributed by atoms with van der Waals surface area (Å²) in [5.41, 5.74) is 0.886. The Morgan fingerprint density at radius 2 is 2.29 bits per heavy atom. The maximum Gasteiger partial charge on any atom is 0.268 e. The molecule has 0 aliphatic carbocycles. The van der Waals surface area contributed by atoms with Crippen LogP contribution in [0, 0.1) is 0 Å². The van der Waals surface area contributed by atoms with Gasteiger partial charge in [0.1, 0.15) is 9.23 Å². The van der Waals surface area contributed by atoms with Crippen LogP contribution in [-0.2, 0) is 4.79 Å². The third kappa shape index (κ3) is 2.21. The summed E-state index contributed by atoms with van der Waals surface area (Å²) in [6.45, 7) is 4.09. The minimum atomic E-state index is -0.0401. The molecule has 0 N–H and O–H groups in total. The monoisotopic (exact) mass is 264 g/mol. The SMILES string of the molecule is C=CCN1C(=O)/C(=C2\C=CC=CN2C)SC1=S. The van der Waals surface area contributed by atoms with E-state index < -0.39 is 0 Å². The number of hydrogen-bond acceptors (Lipinski definition) is 4. The molecule has 0 bridgehead atoms. The van der Waals surface area contributed by atoms with E-state index in [1.807, 2.05) is 36.4 Å². The molecular weight excluding hydrogens is 252 g/mol. The highest BCUT2D eigenvalue weighted by atomic mass is 32.2. The average Bonchev–Trinajstić information content (AvgIpc) is 2.58. The molecule has 0 aromatic carbocycles. The van der Waals surface area contributed by atoms with Crippen molar-refractivity contribution in [3.63, 3.8) is 0 Å². The highest BCUT2D eigenvalue weighted by Gasteiger charge is 2.33. The van der Waals surface area contributed by atoms with E-state index in [0.717, 1.165) is 5.70 Å². The molecule has 0 spiro atoms. The molecule has 3 nitrogen and oxygen atoms in total. The molecule has 0 atom stereocenters. The standard InChI is InChI=1S/C12H12N2OS2/c1-3-7-14-11(15)10(17-12(14)16)9-6-4-5-8-13(9)2/h3-6,8H,1,7H2,2H3/b10-9-. The first kappa shape index (κ1) is 12.1. The van der Waals surface area contributed by atoms with Crippen molar-refractivity contribution >= 4 is 34.2 Å². The van der Waals surface area contributed by atoms with Gasteiger partial charge in [0.05, 0.1) is 5.70 Å². The van der Waals surface area contributed by atoms with Crippen LogP contribution >= 0.6 is 24.0 Å². The maximum absolute atomic E-state index is 12.2. The molecule has 0 saturated carbocycles. The lowest BCUT2D eigenvalue weighted by Crippen LogP contribution is -2.28. The lowest BCUT2D eigenvalue weighted by Gasteiger charge is -2.19. The van der Waals surface area contributed by atoms with Crippen LogP contribution in [0.4, 0.5) is 0 Å². The molecule has 0 aromatic rings. The minimum absolute atomic E-state index is 0.0401. The van der Waals surface area contributed by atoms with Gasteiger partial charge < -0.3 is 4.90 Å². The smallest absolute Gasteiger partial charge is 0.268 e. The summed E-state index contributed by atoms with van der Waals surface area (Å²) in [6.07, 6.45) is 9.34. The Morgan fingerprint density at radius 3 is 2.94 bits per heavy atom. The van der Waals surface area contributed by atoms with Gasteiger partial charge in [-0.25, -0.2) is 0 Å². The van der Waals surface area contributed by atoms with Crippen molar-refractivity contribution in [1.29, 1.82) is 0 Å². The first-order chi connectivity index (χ1) is 8.15. The van der Waals surface area contributed by atoms with Crippen molar-refractivity contribution in [2.24, 2.45) is 0 Å². The number of thiocarbonyl (C=S) groups is 1. The minimum Gasteiger partial charge on any atom is -0.350 e. The zero-order valence-corrected chi connectivity index (χ0v) is 11.1. The van der Waals surface area contributed by atoms with Gasteiger partial charge in [-0.05, 0) is 12.2 Å². The van der Waals surface area contributed by atoms with Crippen LogP contribution in [0.15, 0.2) is 47.7 Å². The molecule has 2 aliphatic rings. The molecule has 2 heterocycles. The Hall–Kier alpha value is -1.33. The number of allylic oxidation sites excluding steroid dienone is 3. The van der Waals surface area contributed by atoms with Crippen molar-refractivity contribution in [3.05, 3.63) is 47.7 Å². The van der Waals surface area contributed by atoms with Gasteiger partial charge in [-0.2, -0.15) is 0 Å². The molecule has 0 unspecified atom stereocenters. The van der Waals surface area contributed by atoms with Crippen LogP contribution in [-0.4, -0.2) is 33.6 Å². The van der Waals surface area contributed by atoms with Crippen molar-refractivity contribution in [2.75, 3.05) is 13.6 Å². The fourth-order valence-electron chi connectivity index (χ4n) is 1.60. The topological polar surface area (TPSA) is 23.6 Å². The van der Waals surface area contributed by atoms with Crippen molar-refractivity contribution in [2.45, 2.75) is 0 Å². The van der Waals surface area contributed by atoms with E-state index in [0.29, 0.717) is 15.8 Å². The summed E-state index contributed by atoms with van der Waals surface area (Å²) in [6, 6.07) is 0. The first-order valence-corrected chi connectivity index (χ1v) is 6.34. The number of amides is 1. The Balaban J connectivity index is 2.36. The summed E-state index contributed by atoms with van der Waals surface area (Å²) in [5.74, 6) is -0.0401. The van der Waals surface area contributed by atoms with Gasteiger partial charge in [0.2, 0.25) is 0 Å². The van der Waals surface area contributed by atoms with E-state index in [-0.39, 0.29) is 5.91 Å². The molecule has 0 aromatic heterocycles. The van der Waals surface area contributed by atoms with Crippen molar-refractivity contribution < 1.29 is 4.79 Å². The van der Waals surface area contributed by atoms with Gasteiger partial charge in [-0.3, -0.25) is 9.69 Å². The number of carbonyl (C=O) groups excluding carboxylic acids is 1. The largest absolute Gasteiger partial charge is 0.350 e. The second-order valence-electron chi connectivity index (χ2n) is 3.60. The molecule has 1 fully saturated rings. The Kier molecular flexibility index (Phi) is 3.49. The fraction of sp³-hybridized carbons (Fsp3) is 0.167. The van der Waals surface area contributed by atoms with Crippen LogP contribution in [0.3, 0.4) is 0 Å². The predicted molar refractivity (Wildman–Crippen MR) is 75.2 cm³/mol. The number of rotatable bonds is 2. The highest BCUT2D eigenvalue weighted by Crippen LogP contribution is 2.35. The zero-order valence-electron chi connectivity index (χ0n) is 9.42. The van der Waals surface area contributed by atoms with Gasteiger partial charge in [0.15, 0.2) is 0 Å². The molecule has 0 radical (unpaired) electrons. The number of hydrogen-bond donors (Lipinski definition) is 0. The third-order valence-electron chi connectivity index (χ3n) is 2.45. The van der Waals surface area contributed by atoms with E-state index in [2.05, 4.69) is 6.58 Å². The molecule has 1 amide bonds. The number of likely N-dealkylation sites (N-methyl/N-ethyl adjacent to an activating group) is 1. The number of carbonyl (C=O) groups is 1. The molecule has 17 heavy (non-hydrogen) atoms.